The Morgan fingerprint density at radius 3 is 2.68 bits per heavy atom. The Kier molecular flexibility index (Phi) is 5.68. The lowest BCUT2D eigenvalue weighted by molar-refractivity contribution is 0.116. The number of amides is 2. The summed E-state index contributed by atoms with van der Waals surface area (Å²) in [7, 11) is 1.62. The van der Waals surface area contributed by atoms with Crippen LogP contribution in [0.25, 0.3) is 0 Å². The van der Waals surface area contributed by atoms with E-state index >= 15 is 0 Å². The van der Waals surface area contributed by atoms with Gasteiger partial charge >= 0.3 is 6.03 Å². The Bertz CT molecular complexity index is 705. The van der Waals surface area contributed by atoms with Gasteiger partial charge in [0.1, 0.15) is 0 Å². The van der Waals surface area contributed by atoms with Gasteiger partial charge in [0.25, 0.3) is 0 Å². The van der Waals surface area contributed by atoms with E-state index in [0.29, 0.717) is 13.2 Å². The van der Waals surface area contributed by atoms with Crippen LogP contribution in [0.4, 0.5) is 4.79 Å². The first-order chi connectivity index (χ1) is 12.2. The second-order valence-electron chi connectivity index (χ2n) is 6.21. The number of aliphatic hydroxyl groups excluding tert-OH is 1. The van der Waals surface area contributed by atoms with Crippen molar-refractivity contribution in [1.29, 1.82) is 0 Å². The number of urea groups is 1. The average molecular weight is 340 g/mol. The zero-order chi connectivity index (χ0) is 17.6. The van der Waals surface area contributed by atoms with Crippen molar-refractivity contribution < 1.29 is 14.6 Å². The second-order valence-corrected chi connectivity index (χ2v) is 6.21. The van der Waals surface area contributed by atoms with Crippen molar-refractivity contribution in [3.05, 3.63) is 71.3 Å². The molecule has 0 spiro atoms. The number of benzene rings is 2. The third kappa shape index (κ3) is 3.83. The largest absolute Gasteiger partial charge is 0.394 e. The Morgan fingerprint density at radius 2 is 1.96 bits per heavy atom. The molecule has 2 atom stereocenters. The predicted octanol–water partition coefficient (Wildman–Crippen LogP) is 2.68. The minimum Gasteiger partial charge on any atom is -0.394 e. The molecule has 0 aromatic heterocycles. The van der Waals surface area contributed by atoms with Crippen LogP contribution in [0.15, 0.2) is 54.6 Å². The van der Waals surface area contributed by atoms with Crippen LogP contribution in [0.3, 0.4) is 0 Å². The van der Waals surface area contributed by atoms with Gasteiger partial charge in [0.05, 0.1) is 25.3 Å². The van der Waals surface area contributed by atoms with E-state index in [9.17, 15) is 9.90 Å². The Balaban J connectivity index is 1.78. The lowest BCUT2D eigenvalue weighted by atomic mass is 9.93. The lowest BCUT2D eigenvalue weighted by Crippen LogP contribution is -2.48. The summed E-state index contributed by atoms with van der Waals surface area (Å²) >= 11 is 0. The molecule has 0 radical (unpaired) electrons. The van der Waals surface area contributed by atoms with E-state index in [1.165, 1.54) is 5.56 Å². The van der Waals surface area contributed by atoms with Crippen molar-refractivity contribution in [3.63, 3.8) is 0 Å². The number of hydrogen-bond acceptors (Lipinski definition) is 3. The summed E-state index contributed by atoms with van der Waals surface area (Å²) in [6.07, 6.45) is 0.792. The number of aliphatic hydroxyl groups is 1. The highest BCUT2D eigenvalue weighted by Crippen LogP contribution is 2.29. The molecule has 2 aromatic carbocycles. The monoisotopic (exact) mass is 340 g/mol. The van der Waals surface area contributed by atoms with Gasteiger partial charge in [0.15, 0.2) is 0 Å². The van der Waals surface area contributed by atoms with Crippen LogP contribution in [0, 0.1) is 0 Å². The van der Waals surface area contributed by atoms with Gasteiger partial charge in [-0.3, -0.25) is 0 Å². The fraction of sp³-hybridized carbons (Fsp3) is 0.350. The highest BCUT2D eigenvalue weighted by molar-refractivity contribution is 5.76. The molecule has 132 valence electrons. The van der Waals surface area contributed by atoms with Gasteiger partial charge in [0.2, 0.25) is 0 Å². The van der Waals surface area contributed by atoms with Crippen LogP contribution >= 0.6 is 0 Å². The average Bonchev–Trinajstić information content (AvgIpc) is 2.67. The summed E-state index contributed by atoms with van der Waals surface area (Å²) in [5, 5.41) is 12.9. The number of fused-ring (bicyclic) bond motifs is 1. The molecular formula is C20H24N2O3. The van der Waals surface area contributed by atoms with Gasteiger partial charge in [-0.1, -0.05) is 54.6 Å². The normalized spacial score (nSPS) is 17.7. The molecule has 1 heterocycles. The molecule has 0 aliphatic carbocycles. The molecule has 0 saturated carbocycles. The van der Waals surface area contributed by atoms with Gasteiger partial charge < -0.3 is 20.1 Å². The molecule has 2 N–H and O–H groups in total. The number of methoxy groups -OCH3 is 1. The van der Waals surface area contributed by atoms with Crippen molar-refractivity contribution in [2.45, 2.75) is 18.5 Å². The highest BCUT2D eigenvalue weighted by atomic mass is 16.5. The third-order valence-electron chi connectivity index (χ3n) is 4.68. The molecule has 0 fully saturated rings. The Morgan fingerprint density at radius 1 is 1.24 bits per heavy atom. The molecule has 5 heteroatoms. The maximum absolute atomic E-state index is 12.9. The molecule has 25 heavy (non-hydrogen) atoms. The molecule has 3 rings (SSSR count). The van der Waals surface area contributed by atoms with E-state index in [-0.39, 0.29) is 24.7 Å². The number of rotatable bonds is 5. The van der Waals surface area contributed by atoms with Crippen LogP contribution in [0.1, 0.15) is 28.8 Å². The van der Waals surface area contributed by atoms with Gasteiger partial charge in [-0.15, -0.1) is 0 Å². The summed E-state index contributed by atoms with van der Waals surface area (Å²) in [5.41, 5.74) is 3.21. The van der Waals surface area contributed by atoms with Crippen LogP contribution in [0.5, 0.6) is 0 Å². The Labute approximate surface area is 148 Å². The lowest BCUT2D eigenvalue weighted by Gasteiger charge is -2.37. The van der Waals surface area contributed by atoms with Crippen molar-refractivity contribution in [3.8, 4) is 0 Å². The molecule has 2 unspecified atom stereocenters. The van der Waals surface area contributed by atoms with E-state index in [0.717, 1.165) is 17.5 Å². The molecule has 0 bridgehead atoms. The molecule has 5 nitrogen and oxygen atoms in total. The quantitative estimate of drug-likeness (QED) is 0.880. The number of ether oxygens (including phenoxy) is 1. The molecular weight excluding hydrogens is 316 g/mol. The standard InChI is InChI=1S/C20H24N2O3/c1-25-14-18(16-8-3-2-4-9-16)21-20(24)22-12-11-15-7-5-6-10-17(15)19(22)13-23/h2-10,18-19,23H,11-14H2,1H3,(H,21,24). The number of carbonyl (C=O) groups is 1. The summed E-state index contributed by atoms with van der Waals surface area (Å²) in [6, 6.07) is 17.0. The summed E-state index contributed by atoms with van der Waals surface area (Å²) in [5.74, 6) is 0. The number of nitrogens with one attached hydrogen (secondary N) is 1. The molecule has 2 amide bonds. The van der Waals surface area contributed by atoms with Crippen LogP contribution in [0.2, 0.25) is 0 Å². The predicted molar refractivity (Wildman–Crippen MR) is 96.3 cm³/mol. The molecule has 1 aliphatic rings. The first kappa shape index (κ1) is 17.5. The molecule has 1 aliphatic heterocycles. The van der Waals surface area contributed by atoms with Crippen LogP contribution in [-0.2, 0) is 11.2 Å². The van der Waals surface area contributed by atoms with E-state index in [1.54, 1.807) is 12.0 Å². The minimum atomic E-state index is -0.316. The summed E-state index contributed by atoms with van der Waals surface area (Å²) < 4.78 is 5.27. The number of carbonyl (C=O) groups excluding carboxylic acids is 1. The smallest absolute Gasteiger partial charge is 0.318 e. The fourth-order valence-corrected chi connectivity index (χ4v) is 3.40. The zero-order valence-corrected chi connectivity index (χ0v) is 14.4. The van der Waals surface area contributed by atoms with Crippen molar-refractivity contribution in [2.24, 2.45) is 0 Å². The SMILES string of the molecule is COCC(NC(=O)N1CCc2ccccc2C1CO)c1ccccc1. The van der Waals surface area contributed by atoms with Crippen molar-refractivity contribution in [1.82, 2.24) is 10.2 Å². The Hall–Kier alpha value is -2.37. The maximum atomic E-state index is 12.9. The number of nitrogens with zero attached hydrogens (tertiary/aromatic N) is 1. The zero-order valence-electron chi connectivity index (χ0n) is 14.4. The van der Waals surface area contributed by atoms with Gasteiger partial charge in [-0.25, -0.2) is 4.79 Å². The minimum absolute atomic E-state index is 0.0925. The maximum Gasteiger partial charge on any atom is 0.318 e. The summed E-state index contributed by atoms with van der Waals surface area (Å²) in [6.45, 7) is 0.886. The highest BCUT2D eigenvalue weighted by Gasteiger charge is 2.31. The van der Waals surface area contributed by atoms with E-state index in [1.807, 2.05) is 48.5 Å². The van der Waals surface area contributed by atoms with E-state index < -0.39 is 0 Å². The third-order valence-corrected chi connectivity index (χ3v) is 4.68. The second kappa shape index (κ2) is 8.14. The first-order valence-corrected chi connectivity index (χ1v) is 8.54. The fourth-order valence-electron chi connectivity index (χ4n) is 3.40. The molecule has 0 saturated heterocycles. The molecule has 2 aromatic rings. The first-order valence-electron chi connectivity index (χ1n) is 8.54. The topological polar surface area (TPSA) is 61.8 Å². The summed E-state index contributed by atoms with van der Waals surface area (Å²) in [4.78, 5) is 14.6. The van der Waals surface area contributed by atoms with Crippen LogP contribution in [-0.4, -0.2) is 42.9 Å². The number of hydrogen-bond donors (Lipinski definition) is 2. The van der Waals surface area contributed by atoms with Crippen molar-refractivity contribution in [2.75, 3.05) is 26.9 Å². The van der Waals surface area contributed by atoms with Crippen molar-refractivity contribution >= 4 is 6.03 Å². The van der Waals surface area contributed by atoms with E-state index in [2.05, 4.69) is 11.4 Å². The van der Waals surface area contributed by atoms with E-state index in [4.69, 9.17) is 4.74 Å². The van der Waals surface area contributed by atoms with Gasteiger partial charge in [0, 0.05) is 13.7 Å². The van der Waals surface area contributed by atoms with Crippen LogP contribution < -0.4 is 5.32 Å². The van der Waals surface area contributed by atoms with Gasteiger partial charge in [-0.05, 0) is 23.1 Å². The van der Waals surface area contributed by atoms with Gasteiger partial charge in [-0.2, -0.15) is 0 Å².